The zero-order valence-corrected chi connectivity index (χ0v) is 41.3. The van der Waals surface area contributed by atoms with E-state index < -0.39 is 48.0 Å². The molecule has 6 rings (SSSR count). The van der Waals surface area contributed by atoms with Crippen LogP contribution in [0.15, 0.2) is 122 Å². The molecule has 0 aliphatic heterocycles. The van der Waals surface area contributed by atoms with Gasteiger partial charge in [-0.25, -0.2) is 9.97 Å². The Bertz CT molecular complexity index is 2710. The molecule has 0 saturated heterocycles. The Morgan fingerprint density at radius 2 is 1.04 bits per heavy atom. The van der Waals surface area contributed by atoms with Crippen LogP contribution in [-0.4, -0.2) is 84.9 Å². The van der Waals surface area contributed by atoms with Crippen molar-refractivity contribution >= 4 is 23.5 Å². The van der Waals surface area contributed by atoms with E-state index >= 15 is 9.59 Å². The van der Waals surface area contributed by atoms with Crippen molar-refractivity contribution in [3.05, 3.63) is 166 Å². The lowest BCUT2D eigenvalue weighted by Crippen LogP contribution is -2.39. The number of hydrogen-bond acceptors (Lipinski definition) is 14. The summed E-state index contributed by atoms with van der Waals surface area (Å²) in [6.07, 6.45) is -2.57. The number of aromatic nitrogens is 2. The first-order chi connectivity index (χ1) is 34.9. The number of carbonyl (C=O) groups excluding carboxylic acids is 2. The van der Waals surface area contributed by atoms with Crippen molar-refractivity contribution in [2.24, 2.45) is 0 Å². The van der Waals surface area contributed by atoms with Gasteiger partial charge in [-0.2, -0.15) is 0 Å². The highest BCUT2D eigenvalue weighted by Crippen LogP contribution is 2.39. The Morgan fingerprint density at radius 1 is 0.589 bits per heavy atom. The summed E-state index contributed by atoms with van der Waals surface area (Å²) in [5.74, 6) is -1.94. The minimum absolute atomic E-state index is 0.000728. The Morgan fingerprint density at radius 3 is 1.44 bits per heavy atom. The van der Waals surface area contributed by atoms with Gasteiger partial charge in [-0.05, 0) is 96.5 Å². The largest absolute Gasteiger partial charge is 0.573 e. The first-order valence-corrected chi connectivity index (χ1v) is 23.6. The second-order valence-electron chi connectivity index (χ2n) is 17.7. The molecular formula is C54H63F3N8O8. The van der Waals surface area contributed by atoms with Crippen LogP contribution < -0.4 is 51.7 Å². The fourth-order valence-corrected chi connectivity index (χ4v) is 8.40. The normalized spacial score (nSPS) is 13.9. The van der Waals surface area contributed by atoms with Gasteiger partial charge >= 0.3 is 6.36 Å². The van der Waals surface area contributed by atoms with Gasteiger partial charge in [0, 0.05) is 61.8 Å². The molecule has 0 aliphatic rings. The van der Waals surface area contributed by atoms with Gasteiger partial charge in [0.1, 0.15) is 17.4 Å². The van der Waals surface area contributed by atoms with E-state index in [1.807, 2.05) is 50.2 Å². The van der Waals surface area contributed by atoms with Gasteiger partial charge in [0.05, 0.1) is 45.4 Å². The second kappa shape index (κ2) is 25.8. The molecule has 6 atom stereocenters. The number of nitrogens with one attached hydrogen (secondary N) is 4. The summed E-state index contributed by atoms with van der Waals surface area (Å²) in [5.41, 5.74) is 16.5. The Labute approximate surface area is 422 Å². The van der Waals surface area contributed by atoms with Crippen molar-refractivity contribution < 1.29 is 51.9 Å². The standard InChI is InChI=1S/C54H63F3N8O8/c1-32(60-30-43(66)40-14-18-47(58)62-28-40)20-35-8-6-10-38(22-35)49(52(68)64-26-34-12-16-42(17-13-34)73-54(55,56)57)50(53(69)65-27-37-24-45(70-3)51(72-5)46(25-37)71-4)39-11-7-9-36(23-39)21-33(2)61-31-44(67)41-15-19-48(59)63-29-41/h6-19,22-25,28-29,32-33,43-44,49-50,60-61,66-67H,20-21,26-27,30-31H2,1-5H3,(H2,58,62)(H2,59,63)(H,64,68)(H,65,69)/t32?,33?,43-,44-,49?,50?/m1/s1. The maximum Gasteiger partial charge on any atom is 0.573 e. The number of benzene rings is 4. The molecule has 2 amide bonds. The molecule has 0 spiro atoms. The maximum atomic E-state index is 15.1. The summed E-state index contributed by atoms with van der Waals surface area (Å²) in [4.78, 5) is 38.3. The third-order valence-corrected chi connectivity index (χ3v) is 12.1. The molecule has 2 heterocycles. The average Bonchev–Trinajstić information content (AvgIpc) is 3.37. The summed E-state index contributed by atoms with van der Waals surface area (Å²) in [6, 6.07) is 29.8. The zero-order valence-electron chi connectivity index (χ0n) is 41.3. The number of nitrogens with two attached hydrogens (primary N) is 2. The van der Waals surface area contributed by atoms with E-state index in [0.29, 0.717) is 75.1 Å². The van der Waals surface area contributed by atoms with E-state index in [9.17, 15) is 23.4 Å². The molecule has 16 nitrogen and oxygen atoms in total. The van der Waals surface area contributed by atoms with Crippen molar-refractivity contribution in [3.63, 3.8) is 0 Å². The molecule has 4 unspecified atom stereocenters. The van der Waals surface area contributed by atoms with Gasteiger partial charge in [-0.1, -0.05) is 72.8 Å². The fraction of sp³-hybridized carbons (Fsp3) is 0.333. The molecule has 73 heavy (non-hydrogen) atoms. The highest BCUT2D eigenvalue weighted by molar-refractivity contribution is 5.95. The van der Waals surface area contributed by atoms with Crippen LogP contribution in [0.1, 0.15) is 82.4 Å². The molecule has 2 aromatic heterocycles. The first-order valence-electron chi connectivity index (χ1n) is 23.6. The zero-order chi connectivity index (χ0) is 52.7. The summed E-state index contributed by atoms with van der Waals surface area (Å²) in [6.45, 7) is 4.30. The van der Waals surface area contributed by atoms with Crippen molar-refractivity contribution in [3.8, 4) is 23.0 Å². The molecule has 0 radical (unpaired) electrons. The summed E-state index contributed by atoms with van der Waals surface area (Å²) >= 11 is 0. The molecule has 388 valence electrons. The number of rotatable bonds is 25. The first kappa shape index (κ1) is 54.9. The maximum absolute atomic E-state index is 15.1. The Hall–Kier alpha value is -7.45. The minimum atomic E-state index is -4.88. The number of nitrogens with zero attached hydrogens (tertiary/aromatic N) is 2. The Balaban J connectivity index is 1.34. The molecule has 10 N–H and O–H groups in total. The van der Waals surface area contributed by atoms with E-state index in [2.05, 4.69) is 36.0 Å². The van der Waals surface area contributed by atoms with Crippen molar-refractivity contribution in [1.82, 2.24) is 31.2 Å². The van der Waals surface area contributed by atoms with Crippen LogP contribution in [0.2, 0.25) is 0 Å². The highest BCUT2D eigenvalue weighted by atomic mass is 19.4. The molecule has 0 saturated carbocycles. The van der Waals surface area contributed by atoms with Gasteiger partial charge in [-0.15, -0.1) is 13.2 Å². The Kier molecular flexibility index (Phi) is 19.4. The highest BCUT2D eigenvalue weighted by Gasteiger charge is 2.37. The molecule has 4 aromatic carbocycles. The van der Waals surface area contributed by atoms with Crippen LogP contribution in [0, 0.1) is 0 Å². The van der Waals surface area contributed by atoms with Gasteiger partial charge in [0.25, 0.3) is 0 Å². The topological polar surface area (TPSA) is 237 Å². The fourth-order valence-electron chi connectivity index (χ4n) is 8.40. The number of hydrogen-bond donors (Lipinski definition) is 8. The van der Waals surface area contributed by atoms with Crippen LogP contribution in [-0.2, 0) is 35.5 Å². The molecule has 6 aromatic rings. The third-order valence-electron chi connectivity index (χ3n) is 12.1. The van der Waals surface area contributed by atoms with E-state index in [-0.39, 0.29) is 38.3 Å². The number of alkyl halides is 3. The number of amides is 2. The van der Waals surface area contributed by atoms with Crippen LogP contribution in [0.4, 0.5) is 24.8 Å². The second-order valence-corrected chi connectivity index (χ2v) is 17.7. The molecule has 19 heteroatoms. The molecule has 0 bridgehead atoms. The van der Waals surface area contributed by atoms with E-state index in [1.54, 1.807) is 48.5 Å². The number of carbonyl (C=O) groups is 2. The monoisotopic (exact) mass is 1010 g/mol. The van der Waals surface area contributed by atoms with Gasteiger partial charge in [0.2, 0.25) is 17.6 Å². The molecule has 0 aliphatic carbocycles. The van der Waals surface area contributed by atoms with Crippen LogP contribution >= 0.6 is 0 Å². The van der Waals surface area contributed by atoms with Gasteiger partial charge in [-0.3, -0.25) is 9.59 Å². The predicted molar refractivity (Wildman–Crippen MR) is 271 cm³/mol. The number of methoxy groups -OCH3 is 3. The lowest BCUT2D eigenvalue weighted by atomic mass is 9.78. The quantitative estimate of drug-likeness (QED) is 0.0303. The lowest BCUT2D eigenvalue weighted by Gasteiger charge is -2.28. The third kappa shape index (κ3) is 16.0. The van der Waals surface area contributed by atoms with E-state index in [4.69, 9.17) is 25.7 Å². The summed E-state index contributed by atoms with van der Waals surface area (Å²) in [7, 11) is 4.46. The van der Waals surface area contributed by atoms with Crippen molar-refractivity contribution in [2.75, 3.05) is 45.9 Å². The van der Waals surface area contributed by atoms with E-state index in [1.165, 1.54) is 45.9 Å². The minimum Gasteiger partial charge on any atom is -0.493 e. The lowest BCUT2D eigenvalue weighted by molar-refractivity contribution is -0.274. The van der Waals surface area contributed by atoms with Crippen molar-refractivity contribution in [1.29, 1.82) is 0 Å². The number of anilines is 2. The predicted octanol–water partition coefficient (Wildman–Crippen LogP) is 6.57. The van der Waals surface area contributed by atoms with Crippen LogP contribution in [0.5, 0.6) is 23.0 Å². The number of nitrogen functional groups attached to an aromatic ring is 2. The summed E-state index contributed by atoms with van der Waals surface area (Å²) in [5, 5.41) is 34.5. The average molecular weight is 1010 g/mol. The van der Waals surface area contributed by atoms with Crippen molar-refractivity contribution in [2.45, 2.75) is 82.3 Å². The number of aliphatic hydroxyl groups is 2. The van der Waals surface area contributed by atoms with Crippen LogP contribution in [0.3, 0.4) is 0 Å². The number of pyridine rings is 2. The number of ether oxygens (including phenoxy) is 4. The van der Waals surface area contributed by atoms with Gasteiger partial charge in [0.15, 0.2) is 11.5 Å². The smallest absolute Gasteiger partial charge is 0.493 e. The van der Waals surface area contributed by atoms with Gasteiger partial charge < -0.3 is 61.9 Å². The number of aliphatic hydroxyl groups excluding tert-OH is 2. The van der Waals surface area contributed by atoms with Crippen LogP contribution in [0.25, 0.3) is 0 Å². The number of halogens is 3. The molecular weight excluding hydrogens is 946 g/mol. The summed E-state index contributed by atoms with van der Waals surface area (Å²) < 4.78 is 59.6. The van der Waals surface area contributed by atoms with E-state index in [0.717, 1.165) is 23.3 Å². The molecule has 0 fully saturated rings. The SMILES string of the molecule is COc1cc(CNC(=O)C(c2cccc(CC(C)NC[C@@H](O)c3ccc(N)nc3)c2)C(C(=O)NCc2ccc(OC(F)(F)F)cc2)c2cccc(CC(C)NC[C@@H](O)c3ccc(N)nc3)c2)cc(OC)c1OC.